The Hall–Kier alpha value is -1.53. The largest absolute Gasteiger partial charge is 0.492 e. The second-order valence-corrected chi connectivity index (χ2v) is 4.48. The molecule has 98 valence electrons. The molecule has 0 aromatic heterocycles. The van der Waals surface area contributed by atoms with Gasteiger partial charge in [0.25, 0.3) is 0 Å². The molecule has 18 heavy (non-hydrogen) atoms. The third kappa shape index (κ3) is 5.20. The second-order valence-electron chi connectivity index (χ2n) is 4.48. The maximum absolute atomic E-state index is 13.1. The van der Waals surface area contributed by atoms with Crippen molar-refractivity contribution < 1.29 is 14.2 Å². The van der Waals surface area contributed by atoms with Crippen LogP contribution in [0.2, 0.25) is 0 Å². The summed E-state index contributed by atoms with van der Waals surface area (Å²) >= 11 is 0. The van der Waals surface area contributed by atoms with Gasteiger partial charge >= 0.3 is 0 Å². The van der Waals surface area contributed by atoms with Crippen molar-refractivity contribution in [3.8, 4) is 17.6 Å². The van der Waals surface area contributed by atoms with Gasteiger partial charge in [-0.2, -0.15) is 0 Å². The minimum absolute atomic E-state index is 0.247. The summed E-state index contributed by atoms with van der Waals surface area (Å²) in [6.45, 7) is 4.67. The Morgan fingerprint density at radius 1 is 1.39 bits per heavy atom. The summed E-state index contributed by atoms with van der Waals surface area (Å²) in [4.78, 5) is 0. The first kappa shape index (κ1) is 14.5. The van der Waals surface area contributed by atoms with Gasteiger partial charge in [0, 0.05) is 0 Å². The van der Waals surface area contributed by atoms with Crippen molar-refractivity contribution in [3.05, 3.63) is 29.6 Å². The average Bonchev–Trinajstić information content (AvgIpc) is 2.33. The zero-order valence-corrected chi connectivity index (χ0v) is 10.9. The maximum Gasteiger partial charge on any atom is 0.135 e. The number of hydrogen-bond donors (Lipinski definition) is 1. The van der Waals surface area contributed by atoms with E-state index in [1.807, 2.05) is 0 Å². The summed E-state index contributed by atoms with van der Waals surface area (Å²) in [6, 6.07) is 4.24. The van der Waals surface area contributed by atoms with E-state index in [-0.39, 0.29) is 12.4 Å². The lowest BCUT2D eigenvalue weighted by molar-refractivity contribution is 0.296. The topological polar surface area (TPSA) is 29.5 Å². The Bertz CT molecular complexity index is 430. The quantitative estimate of drug-likeness (QED) is 0.643. The molecular weight excluding hydrogens is 231 g/mol. The molecule has 1 aromatic rings. The van der Waals surface area contributed by atoms with Crippen LogP contribution in [0.4, 0.5) is 4.39 Å². The number of hydrogen-bond acceptors (Lipinski definition) is 2. The maximum atomic E-state index is 13.1. The Balaban J connectivity index is 2.63. The van der Waals surface area contributed by atoms with Gasteiger partial charge in [0.05, 0.1) is 12.2 Å². The summed E-state index contributed by atoms with van der Waals surface area (Å²) in [5.41, 5.74) is 0.480. The van der Waals surface area contributed by atoms with Crippen LogP contribution in [0.15, 0.2) is 18.2 Å². The highest BCUT2D eigenvalue weighted by molar-refractivity contribution is 5.46. The van der Waals surface area contributed by atoms with Crippen molar-refractivity contribution in [3.63, 3.8) is 0 Å². The Morgan fingerprint density at radius 2 is 2.17 bits per heavy atom. The minimum Gasteiger partial charge on any atom is -0.492 e. The molecule has 0 aliphatic carbocycles. The zero-order valence-electron chi connectivity index (χ0n) is 10.9. The molecule has 0 atom stereocenters. The highest BCUT2D eigenvalue weighted by Crippen LogP contribution is 2.19. The van der Waals surface area contributed by atoms with E-state index in [0.29, 0.717) is 23.8 Å². The Kier molecular flexibility index (Phi) is 6.24. The molecule has 0 heterocycles. The van der Waals surface area contributed by atoms with E-state index in [1.165, 1.54) is 12.1 Å². The van der Waals surface area contributed by atoms with Gasteiger partial charge in [0.1, 0.15) is 18.2 Å². The van der Waals surface area contributed by atoms with Crippen LogP contribution in [-0.2, 0) is 0 Å². The fourth-order valence-electron chi connectivity index (χ4n) is 1.53. The molecule has 1 rings (SSSR count). The van der Waals surface area contributed by atoms with E-state index in [4.69, 9.17) is 9.84 Å². The lowest BCUT2D eigenvalue weighted by atomic mass is 10.1. The SMILES string of the molecule is CC(C)CCCOc1ccc(F)cc1C#CCO. The second kappa shape index (κ2) is 7.73. The molecule has 0 saturated heterocycles. The molecule has 0 spiro atoms. The van der Waals surface area contributed by atoms with Crippen LogP contribution < -0.4 is 4.74 Å². The standard InChI is InChI=1S/C15H19FO2/c1-12(2)5-4-10-18-15-8-7-14(16)11-13(15)6-3-9-17/h7-8,11-12,17H,4-5,9-10H2,1-2H3. The smallest absolute Gasteiger partial charge is 0.135 e. The zero-order chi connectivity index (χ0) is 13.4. The molecule has 0 radical (unpaired) electrons. The van der Waals surface area contributed by atoms with Gasteiger partial charge in [0.2, 0.25) is 0 Å². The van der Waals surface area contributed by atoms with E-state index in [9.17, 15) is 4.39 Å². The first-order chi connectivity index (χ1) is 8.63. The van der Waals surface area contributed by atoms with Crippen LogP contribution in [0.1, 0.15) is 32.3 Å². The van der Waals surface area contributed by atoms with Crippen molar-refractivity contribution in [2.45, 2.75) is 26.7 Å². The number of halogens is 1. The van der Waals surface area contributed by atoms with Crippen LogP contribution >= 0.6 is 0 Å². The first-order valence-corrected chi connectivity index (χ1v) is 6.15. The van der Waals surface area contributed by atoms with Crippen molar-refractivity contribution in [1.82, 2.24) is 0 Å². The highest BCUT2D eigenvalue weighted by Gasteiger charge is 2.03. The number of aliphatic hydroxyl groups excluding tert-OH is 1. The van der Waals surface area contributed by atoms with Crippen molar-refractivity contribution in [2.24, 2.45) is 5.92 Å². The summed E-state index contributed by atoms with van der Waals surface area (Å²) in [7, 11) is 0. The average molecular weight is 250 g/mol. The van der Waals surface area contributed by atoms with Crippen LogP contribution in [-0.4, -0.2) is 18.3 Å². The summed E-state index contributed by atoms with van der Waals surface area (Å²) in [5, 5.41) is 8.65. The number of ether oxygens (including phenoxy) is 1. The van der Waals surface area contributed by atoms with Gasteiger partial charge < -0.3 is 9.84 Å². The van der Waals surface area contributed by atoms with Crippen molar-refractivity contribution in [1.29, 1.82) is 0 Å². The number of benzene rings is 1. The molecule has 1 N–H and O–H groups in total. The molecule has 1 aromatic carbocycles. The van der Waals surface area contributed by atoms with Crippen LogP contribution in [0.5, 0.6) is 5.75 Å². The minimum atomic E-state index is -0.355. The molecule has 0 bridgehead atoms. The Labute approximate surface area is 108 Å². The third-order valence-electron chi connectivity index (χ3n) is 2.43. The molecule has 0 aliphatic heterocycles. The van der Waals surface area contributed by atoms with Gasteiger partial charge in [-0.1, -0.05) is 25.7 Å². The monoisotopic (exact) mass is 250 g/mol. The first-order valence-electron chi connectivity index (χ1n) is 6.15. The third-order valence-corrected chi connectivity index (χ3v) is 2.43. The van der Waals surface area contributed by atoms with Crippen LogP contribution in [0.3, 0.4) is 0 Å². The van der Waals surface area contributed by atoms with Gasteiger partial charge in [-0.25, -0.2) is 4.39 Å². The summed E-state index contributed by atoms with van der Waals surface area (Å²) < 4.78 is 18.7. The highest BCUT2D eigenvalue weighted by atomic mass is 19.1. The predicted molar refractivity (Wildman–Crippen MR) is 69.9 cm³/mol. The summed E-state index contributed by atoms with van der Waals surface area (Å²) in [5.74, 6) is 6.05. The van der Waals surface area contributed by atoms with E-state index in [2.05, 4.69) is 25.7 Å². The predicted octanol–water partition coefficient (Wildman–Crippen LogP) is 2.98. The van der Waals surface area contributed by atoms with Gasteiger partial charge in [0.15, 0.2) is 0 Å². The van der Waals surface area contributed by atoms with E-state index in [0.717, 1.165) is 12.8 Å². The van der Waals surface area contributed by atoms with Crippen molar-refractivity contribution in [2.75, 3.05) is 13.2 Å². The van der Waals surface area contributed by atoms with E-state index >= 15 is 0 Å². The molecular formula is C15H19FO2. The molecule has 0 fully saturated rings. The van der Waals surface area contributed by atoms with Crippen LogP contribution in [0, 0.1) is 23.6 Å². The fraction of sp³-hybridized carbons (Fsp3) is 0.467. The number of aliphatic hydroxyl groups is 1. The van der Waals surface area contributed by atoms with Gasteiger partial charge in [-0.15, -0.1) is 0 Å². The molecule has 0 unspecified atom stereocenters. The lowest BCUT2D eigenvalue weighted by Gasteiger charge is -2.09. The lowest BCUT2D eigenvalue weighted by Crippen LogP contribution is -2.01. The molecule has 0 saturated carbocycles. The van der Waals surface area contributed by atoms with Gasteiger partial charge in [-0.05, 0) is 37.0 Å². The van der Waals surface area contributed by atoms with Crippen LogP contribution in [0.25, 0.3) is 0 Å². The van der Waals surface area contributed by atoms with Crippen molar-refractivity contribution >= 4 is 0 Å². The fourth-order valence-corrected chi connectivity index (χ4v) is 1.53. The summed E-state index contributed by atoms with van der Waals surface area (Å²) in [6.07, 6.45) is 2.06. The molecule has 2 nitrogen and oxygen atoms in total. The number of rotatable bonds is 5. The normalized spacial score (nSPS) is 10.1. The molecule has 3 heteroatoms. The van der Waals surface area contributed by atoms with E-state index < -0.39 is 0 Å². The molecule has 0 aliphatic rings. The molecule has 0 amide bonds. The van der Waals surface area contributed by atoms with E-state index in [1.54, 1.807) is 6.07 Å². The van der Waals surface area contributed by atoms with Gasteiger partial charge in [-0.3, -0.25) is 0 Å². The Morgan fingerprint density at radius 3 is 2.83 bits per heavy atom.